The summed E-state index contributed by atoms with van der Waals surface area (Å²) < 4.78 is 0. The van der Waals surface area contributed by atoms with Gasteiger partial charge in [0.15, 0.2) is 0 Å². The molecular formula is C35H37N3O6. The lowest BCUT2D eigenvalue weighted by atomic mass is 10.0. The van der Waals surface area contributed by atoms with Crippen LogP contribution >= 0.6 is 0 Å². The smallest absolute Gasteiger partial charge is 0.320 e. The predicted molar refractivity (Wildman–Crippen MR) is 172 cm³/mol. The van der Waals surface area contributed by atoms with Gasteiger partial charge in [0, 0.05) is 0 Å². The molecule has 9 heteroatoms. The average Bonchev–Trinajstić information content (AvgIpc) is 3.02. The maximum atomic E-state index is 10.6. The third-order valence-electron chi connectivity index (χ3n) is 6.79. The Bertz CT molecular complexity index is 1600. The van der Waals surface area contributed by atoms with E-state index in [4.69, 9.17) is 32.5 Å². The number of hydrogen-bond acceptors (Lipinski definition) is 6. The highest BCUT2D eigenvalue weighted by Gasteiger charge is 2.13. The molecule has 0 bridgehead atoms. The molecule has 0 aliphatic rings. The van der Waals surface area contributed by atoms with Gasteiger partial charge in [-0.05, 0) is 57.5 Å². The largest absolute Gasteiger partial charge is 0.480 e. The number of rotatable bonds is 9. The molecule has 0 saturated carbocycles. The number of fused-ring (bicyclic) bond motifs is 2. The molecule has 9 N–H and O–H groups in total. The van der Waals surface area contributed by atoms with Crippen molar-refractivity contribution in [2.24, 2.45) is 17.2 Å². The molecule has 0 aliphatic heterocycles. The third-order valence-corrected chi connectivity index (χ3v) is 6.79. The monoisotopic (exact) mass is 595 g/mol. The molecule has 5 rings (SSSR count). The number of carbonyl (C=O) groups is 3. The molecule has 9 nitrogen and oxygen atoms in total. The summed E-state index contributed by atoms with van der Waals surface area (Å²) in [6.07, 6.45) is 1.11. The first-order valence-corrected chi connectivity index (χ1v) is 14.0. The first kappa shape index (κ1) is 33.4. The van der Waals surface area contributed by atoms with Gasteiger partial charge >= 0.3 is 17.9 Å². The van der Waals surface area contributed by atoms with Crippen LogP contribution in [0.3, 0.4) is 0 Å². The Kier molecular flexibility index (Phi) is 12.5. The molecule has 228 valence electrons. The van der Waals surface area contributed by atoms with Gasteiger partial charge in [-0.25, -0.2) is 0 Å². The highest BCUT2D eigenvalue weighted by Crippen LogP contribution is 2.17. The Morgan fingerprint density at radius 1 is 0.432 bits per heavy atom. The Morgan fingerprint density at radius 3 is 1.11 bits per heavy atom. The topological polar surface area (TPSA) is 190 Å². The molecule has 5 aromatic carbocycles. The molecule has 0 saturated heterocycles. The van der Waals surface area contributed by atoms with Gasteiger partial charge in [0.25, 0.3) is 0 Å². The zero-order valence-electron chi connectivity index (χ0n) is 24.1. The lowest BCUT2D eigenvalue weighted by molar-refractivity contribution is -0.139. The summed E-state index contributed by atoms with van der Waals surface area (Å²) in [5.41, 5.74) is 19.2. The minimum atomic E-state index is -0.965. The van der Waals surface area contributed by atoms with E-state index in [1.54, 1.807) is 0 Å². The fourth-order valence-electron chi connectivity index (χ4n) is 4.37. The number of nitrogens with two attached hydrogens (primary N) is 3. The maximum absolute atomic E-state index is 10.6. The molecule has 44 heavy (non-hydrogen) atoms. The second-order valence-electron chi connectivity index (χ2n) is 10.3. The lowest BCUT2D eigenvalue weighted by Gasteiger charge is -2.07. The fourth-order valence-corrected chi connectivity index (χ4v) is 4.37. The van der Waals surface area contributed by atoms with Crippen molar-refractivity contribution in [2.45, 2.75) is 37.4 Å². The molecule has 0 unspecified atom stereocenters. The normalized spacial score (nSPS) is 12.5. The minimum absolute atomic E-state index is 0.361. The van der Waals surface area contributed by atoms with Crippen LogP contribution < -0.4 is 17.2 Å². The lowest BCUT2D eigenvalue weighted by Crippen LogP contribution is -2.32. The highest BCUT2D eigenvalue weighted by atomic mass is 16.4. The van der Waals surface area contributed by atoms with Crippen molar-refractivity contribution in [1.82, 2.24) is 0 Å². The summed E-state index contributed by atoms with van der Waals surface area (Å²) in [6.45, 7) is 0. The summed E-state index contributed by atoms with van der Waals surface area (Å²) >= 11 is 0. The van der Waals surface area contributed by atoms with Gasteiger partial charge in [-0.3, -0.25) is 14.4 Å². The average molecular weight is 596 g/mol. The van der Waals surface area contributed by atoms with Gasteiger partial charge < -0.3 is 32.5 Å². The molecule has 0 heterocycles. The molecular weight excluding hydrogens is 558 g/mol. The zero-order chi connectivity index (χ0) is 32.1. The molecule has 0 amide bonds. The quantitative estimate of drug-likeness (QED) is 0.145. The SMILES string of the molecule is N[C@@H](Cc1ccc2ccccc2c1)C(=O)O.N[C@@H](Cc1ccccc1)C(=O)O.N[C@H](Cc1ccc2ccccc2c1)C(=O)O. The van der Waals surface area contributed by atoms with E-state index in [1.165, 1.54) is 0 Å². The molecule has 0 aromatic heterocycles. The third kappa shape index (κ3) is 10.6. The summed E-state index contributed by atoms with van der Waals surface area (Å²) in [5.74, 6) is -2.89. The molecule has 0 fully saturated rings. The summed E-state index contributed by atoms with van der Waals surface area (Å²) in [4.78, 5) is 31.7. The van der Waals surface area contributed by atoms with Gasteiger partial charge in [-0.2, -0.15) is 0 Å². The van der Waals surface area contributed by atoms with Crippen molar-refractivity contribution in [2.75, 3.05) is 0 Å². The Hall–Kier alpha value is -5.09. The van der Waals surface area contributed by atoms with Gasteiger partial charge in [0.05, 0.1) is 0 Å². The van der Waals surface area contributed by atoms with Crippen LogP contribution in [0.2, 0.25) is 0 Å². The van der Waals surface area contributed by atoms with E-state index in [9.17, 15) is 14.4 Å². The van der Waals surface area contributed by atoms with Crippen molar-refractivity contribution in [3.63, 3.8) is 0 Å². The number of carboxylic acid groups (broad SMARTS) is 3. The Balaban J connectivity index is 0.000000183. The molecule has 0 spiro atoms. The zero-order valence-corrected chi connectivity index (χ0v) is 24.1. The van der Waals surface area contributed by atoms with E-state index in [0.717, 1.165) is 38.2 Å². The van der Waals surface area contributed by atoms with Gasteiger partial charge in [-0.1, -0.05) is 115 Å². The van der Waals surface area contributed by atoms with Crippen LogP contribution in [0.4, 0.5) is 0 Å². The molecule has 3 atom stereocenters. The summed E-state index contributed by atoms with van der Waals surface area (Å²) in [5, 5.41) is 30.5. The van der Waals surface area contributed by atoms with Crippen LogP contribution in [-0.2, 0) is 33.6 Å². The van der Waals surface area contributed by atoms with Gasteiger partial charge in [0.1, 0.15) is 18.1 Å². The van der Waals surface area contributed by atoms with Crippen LogP contribution in [0.5, 0.6) is 0 Å². The highest BCUT2D eigenvalue weighted by molar-refractivity contribution is 5.84. The van der Waals surface area contributed by atoms with E-state index in [2.05, 4.69) is 0 Å². The summed E-state index contributed by atoms with van der Waals surface area (Å²) in [7, 11) is 0. The van der Waals surface area contributed by atoms with Crippen molar-refractivity contribution >= 4 is 39.5 Å². The predicted octanol–water partition coefficient (Wildman–Crippen LogP) is 4.23. The fraction of sp³-hybridized carbons (Fsp3) is 0.171. The number of carboxylic acids is 3. The maximum Gasteiger partial charge on any atom is 0.320 e. The summed E-state index contributed by atoms with van der Waals surface area (Å²) in [6, 6.07) is 34.6. The minimum Gasteiger partial charge on any atom is -0.480 e. The van der Waals surface area contributed by atoms with E-state index >= 15 is 0 Å². The van der Waals surface area contributed by atoms with Crippen molar-refractivity contribution in [3.05, 3.63) is 132 Å². The number of hydrogen-bond donors (Lipinski definition) is 6. The Labute approximate surface area is 255 Å². The standard InChI is InChI=1S/2C13H13NO2.C9H11NO2/c2*14-12(13(15)16)8-9-5-6-10-3-1-2-4-11(10)7-9;10-8(9(11)12)6-7-4-2-1-3-5-7/h2*1-7,12H,8,14H2,(H,15,16);1-5,8H,6,10H2,(H,11,12)/t2*12-;8-/m100/s1. The second-order valence-corrected chi connectivity index (χ2v) is 10.3. The van der Waals surface area contributed by atoms with Crippen LogP contribution in [0, 0.1) is 0 Å². The van der Waals surface area contributed by atoms with Crippen molar-refractivity contribution in [3.8, 4) is 0 Å². The van der Waals surface area contributed by atoms with Gasteiger partial charge in [0.2, 0.25) is 0 Å². The van der Waals surface area contributed by atoms with Crippen LogP contribution in [0.1, 0.15) is 16.7 Å². The number of benzene rings is 5. The van der Waals surface area contributed by atoms with Crippen LogP contribution in [0.15, 0.2) is 115 Å². The Morgan fingerprint density at radius 2 is 0.750 bits per heavy atom. The molecule has 0 aliphatic carbocycles. The van der Waals surface area contributed by atoms with Crippen molar-refractivity contribution < 1.29 is 29.7 Å². The van der Waals surface area contributed by atoms with E-state index < -0.39 is 36.0 Å². The second kappa shape index (κ2) is 16.5. The van der Waals surface area contributed by atoms with E-state index in [-0.39, 0.29) is 0 Å². The van der Waals surface area contributed by atoms with Crippen molar-refractivity contribution in [1.29, 1.82) is 0 Å². The van der Waals surface area contributed by atoms with E-state index in [0.29, 0.717) is 19.3 Å². The first-order chi connectivity index (χ1) is 21.0. The van der Waals surface area contributed by atoms with Crippen LogP contribution in [-0.4, -0.2) is 51.4 Å². The van der Waals surface area contributed by atoms with Crippen LogP contribution in [0.25, 0.3) is 21.5 Å². The van der Waals surface area contributed by atoms with E-state index in [1.807, 2.05) is 115 Å². The van der Waals surface area contributed by atoms with Gasteiger partial charge in [-0.15, -0.1) is 0 Å². The number of aliphatic carboxylic acids is 3. The molecule has 0 radical (unpaired) electrons. The molecule has 5 aromatic rings. The first-order valence-electron chi connectivity index (χ1n) is 14.0.